The van der Waals surface area contributed by atoms with Crippen molar-refractivity contribution in [3.05, 3.63) is 35.9 Å². The summed E-state index contributed by atoms with van der Waals surface area (Å²) in [7, 11) is 0. The summed E-state index contributed by atoms with van der Waals surface area (Å²) >= 11 is 0. The molecule has 0 aliphatic heterocycles. The first-order chi connectivity index (χ1) is 4.43. The first-order valence-electron chi connectivity index (χ1n) is 2.82. The molecule has 0 amide bonds. The standard InChI is InChI=1S/C8H7O/c9-7-6-8-4-2-1-3-5-8/h1-5H,6H2/q+1. The fourth-order valence-electron chi connectivity index (χ4n) is 0.679. The Bertz CT molecular complexity index is 179. The molecule has 1 nitrogen and oxygen atoms in total. The van der Waals surface area contributed by atoms with Gasteiger partial charge in [0.05, 0.1) is 0 Å². The van der Waals surface area contributed by atoms with E-state index in [1.807, 2.05) is 36.6 Å². The summed E-state index contributed by atoms with van der Waals surface area (Å²) in [5, 5.41) is 0. The Balaban J connectivity index is 2.72. The predicted molar refractivity (Wildman–Crippen MR) is 35.8 cm³/mol. The zero-order chi connectivity index (χ0) is 6.53. The number of rotatable bonds is 2. The molecule has 0 radical (unpaired) electrons. The van der Waals surface area contributed by atoms with Gasteiger partial charge < -0.3 is 0 Å². The molecule has 0 saturated carbocycles. The quantitative estimate of drug-likeness (QED) is 0.537. The third kappa shape index (κ3) is 1.63. The molecule has 1 aromatic carbocycles. The van der Waals surface area contributed by atoms with Crippen molar-refractivity contribution in [1.82, 2.24) is 0 Å². The average Bonchev–Trinajstić information content (AvgIpc) is 1.91. The number of benzene rings is 1. The van der Waals surface area contributed by atoms with E-state index in [1.165, 1.54) is 0 Å². The highest BCUT2D eigenvalue weighted by Crippen LogP contribution is 1.96. The molecule has 1 rings (SSSR count). The van der Waals surface area contributed by atoms with Crippen LogP contribution in [0.4, 0.5) is 0 Å². The lowest BCUT2D eigenvalue weighted by atomic mass is 10.2. The molecule has 0 unspecified atom stereocenters. The highest BCUT2D eigenvalue weighted by Gasteiger charge is 1.98. The van der Waals surface area contributed by atoms with Crippen LogP contribution >= 0.6 is 0 Å². The van der Waals surface area contributed by atoms with E-state index in [2.05, 4.69) is 0 Å². The molecule has 0 N–H and O–H groups in total. The summed E-state index contributed by atoms with van der Waals surface area (Å²) in [6, 6.07) is 9.56. The summed E-state index contributed by atoms with van der Waals surface area (Å²) < 4.78 is 0. The van der Waals surface area contributed by atoms with Crippen LogP contribution in [0.15, 0.2) is 30.3 Å². The van der Waals surface area contributed by atoms with Crippen LogP contribution in [0.2, 0.25) is 0 Å². The summed E-state index contributed by atoms with van der Waals surface area (Å²) in [6.07, 6.45) is 2.24. The summed E-state index contributed by atoms with van der Waals surface area (Å²) in [4.78, 5) is 9.85. The van der Waals surface area contributed by atoms with Gasteiger partial charge in [0.15, 0.2) is 0 Å². The fraction of sp³-hybridized carbons (Fsp3) is 0.125. The Hall–Kier alpha value is -1.20. The van der Waals surface area contributed by atoms with Gasteiger partial charge in [-0.25, -0.2) is 0 Å². The minimum absolute atomic E-state index is 0.404. The van der Waals surface area contributed by atoms with E-state index >= 15 is 0 Å². The van der Waals surface area contributed by atoms with Crippen LogP contribution in [0.5, 0.6) is 0 Å². The second-order valence-corrected chi connectivity index (χ2v) is 1.81. The summed E-state index contributed by atoms with van der Waals surface area (Å²) in [6.45, 7) is 0. The first-order valence-corrected chi connectivity index (χ1v) is 2.82. The van der Waals surface area contributed by atoms with Crippen molar-refractivity contribution in [2.24, 2.45) is 0 Å². The molecule has 1 aromatic rings. The normalized spacial score (nSPS) is 8.44. The Kier molecular flexibility index (Phi) is 1.95. The lowest BCUT2D eigenvalue weighted by Crippen LogP contribution is -1.82. The molecule has 0 aliphatic carbocycles. The van der Waals surface area contributed by atoms with Crippen molar-refractivity contribution in [2.75, 3.05) is 0 Å². The van der Waals surface area contributed by atoms with Crippen molar-refractivity contribution in [1.29, 1.82) is 0 Å². The van der Waals surface area contributed by atoms with E-state index in [4.69, 9.17) is 0 Å². The Morgan fingerprint density at radius 2 is 1.89 bits per heavy atom. The highest BCUT2D eigenvalue weighted by atomic mass is 16.1. The van der Waals surface area contributed by atoms with Crippen molar-refractivity contribution in [3.8, 4) is 0 Å². The molecule has 0 heterocycles. The smallest absolute Gasteiger partial charge is 0.0622 e. The van der Waals surface area contributed by atoms with Gasteiger partial charge in [-0.1, -0.05) is 30.3 Å². The van der Waals surface area contributed by atoms with Crippen molar-refractivity contribution < 1.29 is 4.79 Å². The van der Waals surface area contributed by atoms with Crippen LogP contribution in [-0.2, 0) is 11.2 Å². The molecular formula is C8H7O+. The third-order valence-electron chi connectivity index (χ3n) is 1.12. The van der Waals surface area contributed by atoms with Gasteiger partial charge in [-0.2, -0.15) is 0 Å². The van der Waals surface area contributed by atoms with Crippen LogP contribution in [0.1, 0.15) is 5.56 Å². The fourth-order valence-corrected chi connectivity index (χ4v) is 0.679. The van der Waals surface area contributed by atoms with Crippen molar-refractivity contribution in [2.45, 2.75) is 6.42 Å². The maximum Gasteiger partial charge on any atom is 0.511 e. The van der Waals surface area contributed by atoms with Crippen molar-refractivity contribution >= 4 is 6.29 Å². The number of hydrogen-bond donors (Lipinski definition) is 0. The average molecular weight is 119 g/mol. The molecule has 1 heteroatoms. The number of hydrogen-bond acceptors (Lipinski definition) is 1. The second-order valence-electron chi connectivity index (χ2n) is 1.81. The minimum Gasteiger partial charge on any atom is -0.0622 e. The predicted octanol–water partition coefficient (Wildman–Crippen LogP) is 1.34. The molecule has 0 spiro atoms. The Labute approximate surface area is 54.3 Å². The monoisotopic (exact) mass is 119 g/mol. The second kappa shape index (κ2) is 2.95. The molecule has 0 atom stereocenters. The van der Waals surface area contributed by atoms with Gasteiger partial charge in [-0.15, -0.1) is 0 Å². The largest absolute Gasteiger partial charge is 0.511 e. The molecule has 0 fully saturated rings. The van der Waals surface area contributed by atoms with Gasteiger partial charge in [-0.05, 0) is 0 Å². The highest BCUT2D eigenvalue weighted by molar-refractivity contribution is 5.55. The van der Waals surface area contributed by atoms with Crippen LogP contribution in [0.3, 0.4) is 0 Å². The van der Waals surface area contributed by atoms with E-state index in [0.29, 0.717) is 6.42 Å². The van der Waals surface area contributed by atoms with Crippen LogP contribution < -0.4 is 0 Å². The Morgan fingerprint density at radius 1 is 1.22 bits per heavy atom. The summed E-state index contributed by atoms with van der Waals surface area (Å²) in [5.41, 5.74) is 1.02. The molecule has 44 valence electrons. The van der Waals surface area contributed by atoms with Gasteiger partial charge >= 0.3 is 6.29 Å². The molecular weight excluding hydrogens is 112 g/mol. The van der Waals surface area contributed by atoms with Gasteiger partial charge in [0, 0.05) is 10.4 Å². The van der Waals surface area contributed by atoms with E-state index in [0.717, 1.165) is 5.56 Å². The van der Waals surface area contributed by atoms with E-state index in [9.17, 15) is 4.79 Å². The molecule has 0 aliphatic rings. The third-order valence-corrected chi connectivity index (χ3v) is 1.12. The first kappa shape index (κ1) is 5.93. The summed E-state index contributed by atoms with van der Waals surface area (Å²) in [5.74, 6) is 0. The van der Waals surface area contributed by atoms with Gasteiger partial charge in [0.25, 0.3) is 0 Å². The van der Waals surface area contributed by atoms with E-state index < -0.39 is 0 Å². The lowest BCUT2D eigenvalue weighted by Gasteiger charge is -1.82. The zero-order valence-corrected chi connectivity index (χ0v) is 5.00. The van der Waals surface area contributed by atoms with Crippen LogP contribution in [0.25, 0.3) is 0 Å². The molecule has 0 aromatic heterocycles. The Morgan fingerprint density at radius 3 is 2.44 bits per heavy atom. The SMILES string of the molecule is O=[C+]Cc1ccccc1. The lowest BCUT2D eigenvalue weighted by molar-refractivity contribution is 0.555. The van der Waals surface area contributed by atoms with Gasteiger partial charge in [0.2, 0.25) is 6.42 Å². The van der Waals surface area contributed by atoms with E-state index in [1.54, 1.807) is 0 Å². The molecule has 0 bridgehead atoms. The van der Waals surface area contributed by atoms with Crippen LogP contribution in [-0.4, -0.2) is 6.29 Å². The van der Waals surface area contributed by atoms with E-state index in [-0.39, 0.29) is 0 Å². The minimum atomic E-state index is 0.404. The van der Waals surface area contributed by atoms with Crippen molar-refractivity contribution in [3.63, 3.8) is 0 Å². The zero-order valence-electron chi connectivity index (χ0n) is 5.00. The maximum absolute atomic E-state index is 9.85. The molecule has 9 heavy (non-hydrogen) atoms. The number of carbonyl (C=O) groups excluding carboxylic acids is 1. The topological polar surface area (TPSA) is 17.1 Å². The molecule has 0 saturated heterocycles. The maximum atomic E-state index is 9.85. The van der Waals surface area contributed by atoms with Gasteiger partial charge in [-0.3, -0.25) is 0 Å². The van der Waals surface area contributed by atoms with Gasteiger partial charge in [0.1, 0.15) is 0 Å². The van der Waals surface area contributed by atoms with Crippen LogP contribution in [0, 0.1) is 0 Å².